The summed E-state index contributed by atoms with van der Waals surface area (Å²) in [5.41, 5.74) is 1.13. The molecule has 0 aromatic heterocycles. The van der Waals surface area contributed by atoms with Crippen molar-refractivity contribution < 1.29 is 4.74 Å². The monoisotopic (exact) mass is 275 g/mol. The van der Waals surface area contributed by atoms with Gasteiger partial charge in [-0.05, 0) is 63.0 Å². The molecule has 0 aliphatic carbocycles. The van der Waals surface area contributed by atoms with Crippen molar-refractivity contribution >= 4 is 6.08 Å². The third-order valence-corrected chi connectivity index (χ3v) is 3.33. The largest absolute Gasteiger partial charge is 0.494 e. The Bertz CT molecular complexity index is 352. The molecule has 0 heterocycles. The molecule has 0 saturated carbocycles. The zero-order valence-electron chi connectivity index (χ0n) is 13.1. The van der Waals surface area contributed by atoms with E-state index in [1.807, 2.05) is 30.3 Å². The van der Waals surface area contributed by atoms with Crippen LogP contribution in [0, 0.1) is 0 Å². The van der Waals surface area contributed by atoms with Gasteiger partial charge in [0.2, 0.25) is 0 Å². The molecule has 0 aliphatic rings. The predicted molar refractivity (Wildman–Crippen MR) is 88.3 cm³/mol. The molecule has 1 aromatic rings. The summed E-state index contributed by atoms with van der Waals surface area (Å²) in [5, 5.41) is 0. The molecular weight excluding hydrogens is 246 g/mol. The molecule has 0 unspecified atom stereocenters. The van der Waals surface area contributed by atoms with Gasteiger partial charge in [-0.3, -0.25) is 0 Å². The van der Waals surface area contributed by atoms with Crippen molar-refractivity contribution in [2.75, 3.05) is 26.2 Å². The van der Waals surface area contributed by atoms with Crippen LogP contribution in [0.3, 0.4) is 0 Å². The minimum absolute atomic E-state index is 0.805. The Balaban J connectivity index is 2.15. The number of benzene rings is 1. The highest BCUT2D eigenvalue weighted by Gasteiger charge is 2.02. The van der Waals surface area contributed by atoms with Gasteiger partial charge in [-0.1, -0.05) is 38.6 Å². The standard InChI is InChI=1S/C18H29NO/c1-4-13-19(14-5-2)15-7-8-16-20-18-11-9-17(6-3)10-12-18/h6,9-12H,3-5,7-8,13-16H2,1-2H3. The maximum atomic E-state index is 5.75. The van der Waals surface area contributed by atoms with E-state index < -0.39 is 0 Å². The number of unbranched alkanes of at least 4 members (excludes halogenated alkanes) is 1. The van der Waals surface area contributed by atoms with Gasteiger partial charge in [0.15, 0.2) is 0 Å². The number of rotatable bonds is 11. The zero-order valence-corrected chi connectivity index (χ0v) is 13.1. The van der Waals surface area contributed by atoms with Gasteiger partial charge < -0.3 is 9.64 Å². The van der Waals surface area contributed by atoms with Crippen LogP contribution in [0.2, 0.25) is 0 Å². The highest BCUT2D eigenvalue weighted by atomic mass is 16.5. The molecule has 112 valence electrons. The van der Waals surface area contributed by atoms with Crippen molar-refractivity contribution in [2.24, 2.45) is 0 Å². The van der Waals surface area contributed by atoms with Crippen LogP contribution in [0.15, 0.2) is 30.8 Å². The highest BCUT2D eigenvalue weighted by molar-refractivity contribution is 5.48. The Kier molecular flexibility index (Phi) is 8.81. The molecule has 0 amide bonds. The topological polar surface area (TPSA) is 12.5 Å². The molecule has 0 atom stereocenters. The number of hydrogen-bond donors (Lipinski definition) is 0. The van der Waals surface area contributed by atoms with E-state index in [-0.39, 0.29) is 0 Å². The van der Waals surface area contributed by atoms with Gasteiger partial charge in [-0.2, -0.15) is 0 Å². The van der Waals surface area contributed by atoms with Crippen molar-refractivity contribution in [3.05, 3.63) is 36.4 Å². The fourth-order valence-electron chi connectivity index (χ4n) is 2.30. The summed E-state index contributed by atoms with van der Waals surface area (Å²) in [6.07, 6.45) is 6.66. The van der Waals surface area contributed by atoms with E-state index in [4.69, 9.17) is 4.74 Å². The molecule has 0 N–H and O–H groups in total. The van der Waals surface area contributed by atoms with Crippen LogP contribution in [-0.2, 0) is 0 Å². The first kappa shape index (κ1) is 16.8. The molecule has 0 aliphatic heterocycles. The first-order valence-electron chi connectivity index (χ1n) is 7.87. The minimum atomic E-state index is 0.805. The average molecular weight is 275 g/mol. The predicted octanol–water partition coefficient (Wildman–Crippen LogP) is 4.61. The molecule has 1 rings (SSSR count). The summed E-state index contributed by atoms with van der Waals surface area (Å²) in [7, 11) is 0. The van der Waals surface area contributed by atoms with E-state index in [1.54, 1.807) is 0 Å². The Morgan fingerprint density at radius 3 is 2.20 bits per heavy atom. The normalized spacial score (nSPS) is 10.8. The molecular formula is C18H29NO. The smallest absolute Gasteiger partial charge is 0.119 e. The van der Waals surface area contributed by atoms with E-state index in [1.165, 1.54) is 38.9 Å². The molecule has 2 heteroatoms. The summed E-state index contributed by atoms with van der Waals surface area (Å²) in [6.45, 7) is 12.7. The van der Waals surface area contributed by atoms with Crippen LogP contribution in [0.25, 0.3) is 6.08 Å². The molecule has 0 saturated heterocycles. The van der Waals surface area contributed by atoms with Gasteiger partial charge >= 0.3 is 0 Å². The first-order chi connectivity index (χ1) is 9.80. The summed E-state index contributed by atoms with van der Waals surface area (Å²) in [6, 6.07) is 8.09. The highest BCUT2D eigenvalue weighted by Crippen LogP contribution is 2.13. The quantitative estimate of drug-likeness (QED) is 0.547. The molecule has 1 aromatic carbocycles. The van der Waals surface area contributed by atoms with Gasteiger partial charge in [0.25, 0.3) is 0 Å². The molecule has 0 radical (unpaired) electrons. The van der Waals surface area contributed by atoms with E-state index in [2.05, 4.69) is 25.3 Å². The molecule has 20 heavy (non-hydrogen) atoms. The maximum Gasteiger partial charge on any atom is 0.119 e. The van der Waals surface area contributed by atoms with Gasteiger partial charge in [0.1, 0.15) is 5.75 Å². The van der Waals surface area contributed by atoms with Crippen LogP contribution in [0.4, 0.5) is 0 Å². The average Bonchev–Trinajstić information content (AvgIpc) is 2.48. The lowest BCUT2D eigenvalue weighted by Gasteiger charge is -2.20. The van der Waals surface area contributed by atoms with E-state index >= 15 is 0 Å². The Morgan fingerprint density at radius 2 is 1.65 bits per heavy atom. The number of nitrogens with zero attached hydrogens (tertiary/aromatic N) is 1. The second kappa shape index (κ2) is 10.5. The van der Waals surface area contributed by atoms with Crippen molar-refractivity contribution in [2.45, 2.75) is 39.5 Å². The van der Waals surface area contributed by atoms with Gasteiger partial charge in [-0.15, -0.1) is 0 Å². The lowest BCUT2D eigenvalue weighted by Crippen LogP contribution is -2.26. The second-order valence-corrected chi connectivity index (χ2v) is 5.17. The Morgan fingerprint density at radius 1 is 1.00 bits per heavy atom. The van der Waals surface area contributed by atoms with Crippen LogP contribution in [-0.4, -0.2) is 31.1 Å². The van der Waals surface area contributed by atoms with Crippen molar-refractivity contribution in [3.63, 3.8) is 0 Å². The number of ether oxygens (including phenoxy) is 1. The van der Waals surface area contributed by atoms with Crippen LogP contribution in [0.5, 0.6) is 5.75 Å². The SMILES string of the molecule is C=Cc1ccc(OCCCCN(CCC)CCC)cc1. The van der Waals surface area contributed by atoms with E-state index in [0.29, 0.717) is 0 Å². The summed E-state index contributed by atoms with van der Waals surface area (Å²) in [4.78, 5) is 2.55. The summed E-state index contributed by atoms with van der Waals surface area (Å²) >= 11 is 0. The van der Waals surface area contributed by atoms with Gasteiger partial charge in [0.05, 0.1) is 6.61 Å². The third kappa shape index (κ3) is 6.76. The Hall–Kier alpha value is -1.28. The minimum Gasteiger partial charge on any atom is -0.494 e. The fraction of sp³-hybridized carbons (Fsp3) is 0.556. The van der Waals surface area contributed by atoms with Crippen molar-refractivity contribution in [3.8, 4) is 5.75 Å². The summed E-state index contributed by atoms with van der Waals surface area (Å²) in [5.74, 6) is 0.953. The second-order valence-electron chi connectivity index (χ2n) is 5.17. The lowest BCUT2D eigenvalue weighted by atomic mass is 10.2. The van der Waals surface area contributed by atoms with Crippen LogP contribution < -0.4 is 4.74 Å². The fourth-order valence-corrected chi connectivity index (χ4v) is 2.30. The van der Waals surface area contributed by atoms with Crippen molar-refractivity contribution in [1.82, 2.24) is 4.90 Å². The first-order valence-corrected chi connectivity index (χ1v) is 7.87. The molecule has 0 spiro atoms. The van der Waals surface area contributed by atoms with E-state index in [0.717, 1.165) is 24.3 Å². The summed E-state index contributed by atoms with van der Waals surface area (Å²) < 4.78 is 5.75. The molecule has 0 bridgehead atoms. The van der Waals surface area contributed by atoms with Crippen molar-refractivity contribution in [1.29, 1.82) is 0 Å². The van der Waals surface area contributed by atoms with Crippen LogP contribution in [0.1, 0.15) is 45.1 Å². The van der Waals surface area contributed by atoms with Crippen LogP contribution >= 0.6 is 0 Å². The lowest BCUT2D eigenvalue weighted by molar-refractivity contribution is 0.250. The van der Waals surface area contributed by atoms with Gasteiger partial charge in [0, 0.05) is 0 Å². The third-order valence-electron chi connectivity index (χ3n) is 3.33. The molecule has 0 fully saturated rings. The van der Waals surface area contributed by atoms with E-state index in [9.17, 15) is 0 Å². The van der Waals surface area contributed by atoms with Gasteiger partial charge in [-0.25, -0.2) is 0 Å². The number of hydrogen-bond acceptors (Lipinski definition) is 2. The Labute approximate surface area is 124 Å². The maximum absolute atomic E-state index is 5.75. The zero-order chi connectivity index (χ0) is 14.6. The molecule has 2 nitrogen and oxygen atoms in total.